The SMILES string of the molecule is CCn1c(CN2CCC(N)C(C)(C)C2)nc2c(F)cccc21. The van der Waals surface area contributed by atoms with E-state index in [1.807, 2.05) is 6.07 Å². The largest absolute Gasteiger partial charge is 0.327 e. The third kappa shape index (κ3) is 2.63. The fourth-order valence-electron chi connectivity index (χ4n) is 3.45. The number of halogens is 1. The number of nitrogens with zero attached hydrogens (tertiary/aromatic N) is 3. The highest BCUT2D eigenvalue weighted by atomic mass is 19.1. The fourth-order valence-corrected chi connectivity index (χ4v) is 3.45. The Morgan fingerprint density at radius 2 is 2.18 bits per heavy atom. The van der Waals surface area contributed by atoms with Gasteiger partial charge in [-0.05, 0) is 30.9 Å². The number of hydrogen-bond acceptors (Lipinski definition) is 3. The summed E-state index contributed by atoms with van der Waals surface area (Å²) in [6, 6.07) is 5.40. The molecule has 2 heterocycles. The lowest BCUT2D eigenvalue weighted by atomic mass is 9.80. The molecule has 2 aromatic rings. The highest BCUT2D eigenvalue weighted by molar-refractivity contribution is 5.76. The molecule has 0 aliphatic carbocycles. The van der Waals surface area contributed by atoms with Crippen LogP contribution in [0.15, 0.2) is 18.2 Å². The zero-order valence-corrected chi connectivity index (χ0v) is 13.6. The van der Waals surface area contributed by atoms with Crippen molar-refractivity contribution in [2.75, 3.05) is 13.1 Å². The fraction of sp³-hybridized carbons (Fsp3) is 0.588. The van der Waals surface area contributed by atoms with Crippen molar-refractivity contribution in [3.05, 3.63) is 29.8 Å². The monoisotopic (exact) mass is 304 g/mol. The molecule has 1 unspecified atom stereocenters. The minimum atomic E-state index is -0.244. The molecule has 5 heteroatoms. The van der Waals surface area contributed by atoms with E-state index in [2.05, 4.69) is 35.2 Å². The number of rotatable bonds is 3. The van der Waals surface area contributed by atoms with Gasteiger partial charge in [0.2, 0.25) is 0 Å². The van der Waals surface area contributed by atoms with E-state index in [0.29, 0.717) is 5.52 Å². The van der Waals surface area contributed by atoms with Crippen molar-refractivity contribution < 1.29 is 4.39 Å². The molecule has 0 amide bonds. The molecule has 3 rings (SSSR count). The van der Waals surface area contributed by atoms with Crippen molar-refractivity contribution in [1.82, 2.24) is 14.5 Å². The van der Waals surface area contributed by atoms with E-state index < -0.39 is 0 Å². The van der Waals surface area contributed by atoms with Crippen molar-refractivity contribution in [3.63, 3.8) is 0 Å². The molecule has 0 spiro atoms. The lowest BCUT2D eigenvalue weighted by molar-refractivity contribution is 0.0871. The van der Waals surface area contributed by atoms with Gasteiger partial charge in [-0.2, -0.15) is 0 Å². The Morgan fingerprint density at radius 1 is 1.41 bits per heavy atom. The van der Waals surface area contributed by atoms with E-state index in [4.69, 9.17) is 5.73 Å². The zero-order chi connectivity index (χ0) is 15.9. The van der Waals surface area contributed by atoms with Crippen LogP contribution in [0.4, 0.5) is 4.39 Å². The minimum Gasteiger partial charge on any atom is -0.327 e. The van der Waals surface area contributed by atoms with Crippen molar-refractivity contribution in [2.24, 2.45) is 11.1 Å². The summed E-state index contributed by atoms with van der Waals surface area (Å²) in [7, 11) is 0. The highest BCUT2D eigenvalue weighted by Gasteiger charge is 2.33. The number of fused-ring (bicyclic) bond motifs is 1. The zero-order valence-electron chi connectivity index (χ0n) is 13.6. The van der Waals surface area contributed by atoms with Gasteiger partial charge in [0, 0.05) is 25.7 Å². The van der Waals surface area contributed by atoms with Gasteiger partial charge >= 0.3 is 0 Å². The predicted molar refractivity (Wildman–Crippen MR) is 87.0 cm³/mol. The Morgan fingerprint density at radius 3 is 2.86 bits per heavy atom. The number of para-hydroxylation sites is 1. The van der Waals surface area contributed by atoms with Gasteiger partial charge in [0.05, 0.1) is 12.1 Å². The van der Waals surface area contributed by atoms with Crippen LogP contribution in [0.1, 0.15) is 33.0 Å². The molecule has 22 heavy (non-hydrogen) atoms. The Hall–Kier alpha value is -1.46. The molecular formula is C17H25FN4. The molecule has 1 atom stereocenters. The Labute approximate surface area is 131 Å². The van der Waals surface area contributed by atoms with E-state index in [-0.39, 0.29) is 17.3 Å². The van der Waals surface area contributed by atoms with Gasteiger partial charge in [0.25, 0.3) is 0 Å². The summed E-state index contributed by atoms with van der Waals surface area (Å²) >= 11 is 0. The molecule has 0 radical (unpaired) electrons. The second-order valence-electron chi connectivity index (χ2n) is 6.97. The molecule has 1 aliphatic rings. The molecule has 1 saturated heterocycles. The maximum atomic E-state index is 14.0. The molecule has 1 aliphatic heterocycles. The summed E-state index contributed by atoms with van der Waals surface area (Å²) in [5.74, 6) is 0.695. The van der Waals surface area contributed by atoms with Crippen molar-refractivity contribution >= 4 is 11.0 Å². The third-order valence-electron chi connectivity index (χ3n) is 4.88. The minimum absolute atomic E-state index is 0.104. The molecule has 1 aromatic heterocycles. The molecule has 2 N–H and O–H groups in total. The molecule has 0 saturated carbocycles. The summed E-state index contributed by atoms with van der Waals surface area (Å²) in [6.07, 6.45) is 0.994. The van der Waals surface area contributed by atoms with Gasteiger partial charge in [0.15, 0.2) is 5.82 Å². The van der Waals surface area contributed by atoms with E-state index in [9.17, 15) is 4.39 Å². The molecule has 4 nitrogen and oxygen atoms in total. The first-order valence-corrected chi connectivity index (χ1v) is 8.04. The molecule has 1 aromatic carbocycles. The van der Waals surface area contributed by atoms with Crippen LogP contribution in [0.3, 0.4) is 0 Å². The number of benzene rings is 1. The third-order valence-corrected chi connectivity index (χ3v) is 4.88. The van der Waals surface area contributed by atoms with E-state index >= 15 is 0 Å². The van der Waals surface area contributed by atoms with Crippen molar-refractivity contribution in [3.8, 4) is 0 Å². The molecule has 120 valence electrons. The highest BCUT2D eigenvalue weighted by Crippen LogP contribution is 2.29. The average Bonchev–Trinajstić information content (AvgIpc) is 2.81. The molecule has 1 fully saturated rings. The summed E-state index contributed by atoms with van der Waals surface area (Å²) in [6.45, 7) is 9.97. The lowest BCUT2D eigenvalue weighted by Gasteiger charge is -2.42. The normalized spacial score (nSPS) is 22.3. The van der Waals surface area contributed by atoms with Gasteiger partial charge in [0.1, 0.15) is 11.3 Å². The molecule has 0 bridgehead atoms. The second-order valence-corrected chi connectivity index (χ2v) is 6.97. The second kappa shape index (κ2) is 5.63. The van der Waals surface area contributed by atoms with E-state index in [0.717, 1.165) is 43.9 Å². The number of hydrogen-bond donors (Lipinski definition) is 1. The summed E-state index contributed by atoms with van der Waals surface area (Å²) in [5, 5.41) is 0. The maximum absolute atomic E-state index is 14.0. The Bertz CT molecular complexity index is 677. The van der Waals surface area contributed by atoms with Crippen LogP contribution in [-0.4, -0.2) is 33.6 Å². The summed E-state index contributed by atoms with van der Waals surface area (Å²) < 4.78 is 16.1. The van der Waals surface area contributed by atoms with Crippen molar-refractivity contribution in [1.29, 1.82) is 0 Å². The standard InChI is InChI=1S/C17H25FN4/c1-4-22-13-7-5-6-12(18)16(13)20-15(22)10-21-9-8-14(19)17(2,3)11-21/h5-7,14H,4,8-11,19H2,1-3H3. The quantitative estimate of drug-likeness (QED) is 0.948. The predicted octanol–water partition coefficient (Wildman–Crippen LogP) is 2.75. The van der Waals surface area contributed by atoms with Gasteiger partial charge in [-0.1, -0.05) is 19.9 Å². The Balaban J connectivity index is 1.89. The number of aryl methyl sites for hydroxylation is 1. The van der Waals surface area contributed by atoms with E-state index in [1.165, 1.54) is 6.07 Å². The van der Waals surface area contributed by atoms with Crippen LogP contribution in [0.5, 0.6) is 0 Å². The summed E-state index contributed by atoms with van der Waals surface area (Å²) in [5.41, 5.74) is 7.67. The first kappa shape index (κ1) is 15.4. The topological polar surface area (TPSA) is 47.1 Å². The van der Waals surface area contributed by atoms with Crippen LogP contribution < -0.4 is 5.73 Å². The average molecular weight is 304 g/mol. The van der Waals surface area contributed by atoms with Crippen LogP contribution in [-0.2, 0) is 13.1 Å². The van der Waals surface area contributed by atoms with Crippen molar-refractivity contribution in [2.45, 2.75) is 46.3 Å². The van der Waals surface area contributed by atoms with Crippen LogP contribution in [0, 0.1) is 11.2 Å². The number of aromatic nitrogens is 2. The molecular weight excluding hydrogens is 279 g/mol. The van der Waals surface area contributed by atoms with Gasteiger partial charge in [-0.3, -0.25) is 4.90 Å². The van der Waals surface area contributed by atoms with Crippen LogP contribution >= 0.6 is 0 Å². The summed E-state index contributed by atoms with van der Waals surface area (Å²) in [4.78, 5) is 6.94. The first-order valence-electron chi connectivity index (χ1n) is 8.04. The van der Waals surface area contributed by atoms with E-state index in [1.54, 1.807) is 6.07 Å². The van der Waals surface area contributed by atoms with Gasteiger partial charge in [-0.15, -0.1) is 0 Å². The van der Waals surface area contributed by atoms with Crippen LogP contribution in [0.2, 0.25) is 0 Å². The first-order chi connectivity index (χ1) is 10.4. The maximum Gasteiger partial charge on any atom is 0.151 e. The van der Waals surface area contributed by atoms with Gasteiger partial charge < -0.3 is 10.3 Å². The van der Waals surface area contributed by atoms with Gasteiger partial charge in [-0.25, -0.2) is 9.37 Å². The number of imidazole rings is 1. The Kier molecular flexibility index (Phi) is 3.95. The number of likely N-dealkylation sites (tertiary alicyclic amines) is 1. The number of nitrogens with two attached hydrogens (primary N) is 1. The number of piperidine rings is 1. The van der Waals surface area contributed by atoms with Crippen LogP contribution in [0.25, 0.3) is 11.0 Å². The lowest BCUT2D eigenvalue weighted by Crippen LogP contribution is -2.52. The smallest absolute Gasteiger partial charge is 0.151 e.